The Morgan fingerprint density at radius 1 is 1.28 bits per heavy atom. The zero-order valence-corrected chi connectivity index (χ0v) is 14.8. The molecule has 0 atom stereocenters. The maximum Gasteiger partial charge on any atom is 0.330 e. The lowest BCUT2D eigenvalue weighted by Crippen LogP contribution is -2.37. The van der Waals surface area contributed by atoms with E-state index in [2.05, 4.69) is 10.3 Å². The molecule has 0 fully saturated rings. The number of nitrogens with one attached hydrogen (secondary N) is 1. The lowest BCUT2D eigenvalue weighted by molar-refractivity contribution is -0.111. The molecule has 8 heteroatoms. The minimum atomic E-state index is -0.456. The van der Waals surface area contributed by atoms with Crippen LogP contribution in [0.1, 0.15) is 11.1 Å². The topological polar surface area (TPSA) is 86.0 Å². The number of aromatic nitrogens is 3. The minimum Gasteiger partial charge on any atom is -0.303 e. The Morgan fingerprint density at radius 3 is 2.80 bits per heavy atom. The van der Waals surface area contributed by atoms with Crippen molar-refractivity contribution in [2.75, 3.05) is 5.32 Å². The van der Waals surface area contributed by atoms with Crippen LogP contribution >= 0.6 is 11.3 Å². The van der Waals surface area contributed by atoms with Gasteiger partial charge < -0.3 is 4.57 Å². The summed E-state index contributed by atoms with van der Waals surface area (Å²) >= 11 is 1.38. The largest absolute Gasteiger partial charge is 0.330 e. The van der Waals surface area contributed by atoms with Crippen LogP contribution in [0.25, 0.3) is 16.3 Å². The van der Waals surface area contributed by atoms with Crippen molar-refractivity contribution in [1.29, 1.82) is 0 Å². The molecule has 0 aliphatic carbocycles. The Morgan fingerprint density at radius 2 is 2.04 bits per heavy atom. The average molecular weight is 356 g/mol. The zero-order valence-electron chi connectivity index (χ0n) is 13.9. The molecule has 0 saturated heterocycles. The number of benzene rings is 1. The van der Waals surface area contributed by atoms with Crippen molar-refractivity contribution in [3.8, 4) is 0 Å². The van der Waals surface area contributed by atoms with Crippen LogP contribution in [0, 0.1) is 6.92 Å². The number of thiazole rings is 1. The Bertz CT molecular complexity index is 1120. The van der Waals surface area contributed by atoms with Gasteiger partial charge in [-0.2, -0.15) is 0 Å². The maximum atomic E-state index is 12.1. The van der Waals surface area contributed by atoms with Crippen LogP contribution < -0.4 is 16.6 Å². The van der Waals surface area contributed by atoms with Crippen LogP contribution in [0.3, 0.4) is 0 Å². The Labute approximate surface area is 146 Å². The third-order valence-corrected chi connectivity index (χ3v) is 4.59. The number of fused-ring (bicyclic) bond motifs is 1. The van der Waals surface area contributed by atoms with E-state index in [1.165, 1.54) is 41.3 Å². The van der Waals surface area contributed by atoms with Crippen LogP contribution in [-0.2, 0) is 18.9 Å². The molecule has 0 aliphatic heterocycles. The molecule has 25 heavy (non-hydrogen) atoms. The summed E-state index contributed by atoms with van der Waals surface area (Å²) in [5, 5.41) is 3.17. The number of amides is 1. The lowest BCUT2D eigenvalue weighted by atomic mass is 10.2. The van der Waals surface area contributed by atoms with Crippen LogP contribution in [-0.4, -0.2) is 20.0 Å². The van der Waals surface area contributed by atoms with E-state index in [4.69, 9.17) is 0 Å². The number of hydrogen-bond donors (Lipinski definition) is 1. The Kier molecular flexibility index (Phi) is 4.37. The molecule has 0 bridgehead atoms. The zero-order chi connectivity index (χ0) is 18.1. The van der Waals surface area contributed by atoms with Gasteiger partial charge in [-0.15, -0.1) is 0 Å². The third kappa shape index (κ3) is 3.43. The summed E-state index contributed by atoms with van der Waals surface area (Å²) < 4.78 is 3.27. The van der Waals surface area contributed by atoms with Crippen molar-refractivity contribution in [3.63, 3.8) is 0 Å². The van der Waals surface area contributed by atoms with E-state index in [-0.39, 0.29) is 5.56 Å². The summed E-state index contributed by atoms with van der Waals surface area (Å²) in [4.78, 5) is 40.1. The van der Waals surface area contributed by atoms with E-state index in [1.807, 2.05) is 25.1 Å². The van der Waals surface area contributed by atoms with Crippen LogP contribution in [0.4, 0.5) is 5.13 Å². The second-order valence-corrected chi connectivity index (χ2v) is 6.69. The smallest absolute Gasteiger partial charge is 0.303 e. The van der Waals surface area contributed by atoms with Gasteiger partial charge in [0.25, 0.3) is 5.56 Å². The van der Waals surface area contributed by atoms with Crippen molar-refractivity contribution in [2.24, 2.45) is 14.1 Å². The molecule has 0 aliphatic rings. The van der Waals surface area contributed by atoms with Gasteiger partial charge in [0.2, 0.25) is 5.91 Å². The predicted octanol–water partition coefficient (Wildman–Crippen LogP) is 1.65. The van der Waals surface area contributed by atoms with Gasteiger partial charge in [0.15, 0.2) is 5.13 Å². The normalized spacial score (nSPS) is 11.3. The first-order valence-electron chi connectivity index (χ1n) is 7.48. The fourth-order valence-electron chi connectivity index (χ4n) is 2.35. The first-order chi connectivity index (χ1) is 11.8. The molecule has 1 N–H and O–H groups in total. The fourth-order valence-corrected chi connectivity index (χ4v) is 3.32. The monoisotopic (exact) mass is 356 g/mol. The molecule has 0 saturated carbocycles. The predicted molar refractivity (Wildman–Crippen MR) is 98.9 cm³/mol. The quantitative estimate of drug-likeness (QED) is 0.723. The Balaban J connectivity index is 1.81. The van der Waals surface area contributed by atoms with E-state index >= 15 is 0 Å². The summed E-state index contributed by atoms with van der Waals surface area (Å²) in [5.41, 5.74) is 1.32. The second kappa shape index (κ2) is 6.48. The first kappa shape index (κ1) is 16.8. The number of aryl methyl sites for hydroxylation is 2. The van der Waals surface area contributed by atoms with E-state index in [9.17, 15) is 14.4 Å². The van der Waals surface area contributed by atoms with Crippen LogP contribution in [0.15, 0.2) is 40.1 Å². The molecule has 7 nitrogen and oxygen atoms in total. The molecule has 0 radical (unpaired) electrons. The summed E-state index contributed by atoms with van der Waals surface area (Å²) in [6.45, 7) is 1.99. The highest BCUT2D eigenvalue weighted by molar-refractivity contribution is 7.22. The highest BCUT2D eigenvalue weighted by Gasteiger charge is 2.07. The van der Waals surface area contributed by atoms with Crippen molar-refractivity contribution >= 4 is 38.7 Å². The van der Waals surface area contributed by atoms with Gasteiger partial charge in [0.05, 0.1) is 15.8 Å². The van der Waals surface area contributed by atoms with Crippen molar-refractivity contribution in [3.05, 3.63) is 62.4 Å². The number of carbonyl (C=O) groups is 1. The molecule has 1 amide bonds. The number of hydrogen-bond acceptors (Lipinski definition) is 5. The molecule has 2 heterocycles. The van der Waals surface area contributed by atoms with Crippen LogP contribution in [0.2, 0.25) is 0 Å². The number of carbonyl (C=O) groups excluding carboxylic acids is 1. The fraction of sp³-hybridized carbons (Fsp3) is 0.176. The summed E-state index contributed by atoms with van der Waals surface area (Å²) in [5.74, 6) is -0.397. The molecule has 1 aromatic carbocycles. The summed E-state index contributed by atoms with van der Waals surface area (Å²) in [7, 11) is 2.94. The number of rotatable bonds is 3. The summed E-state index contributed by atoms with van der Waals surface area (Å²) in [6, 6.07) is 5.87. The van der Waals surface area contributed by atoms with Gasteiger partial charge in [0, 0.05) is 26.4 Å². The standard InChI is InChI=1S/C17H16N4O3S/c1-10-4-6-12-13(8-10)25-16(18-12)19-14(22)7-5-11-9-20(2)17(24)21(3)15(11)23/h4-9H,1-3H3,(H,18,19,22)/b7-5+. The molecule has 3 rings (SSSR count). The molecule has 0 unspecified atom stereocenters. The van der Waals surface area contributed by atoms with Crippen molar-refractivity contribution in [1.82, 2.24) is 14.1 Å². The van der Waals surface area contributed by atoms with Gasteiger partial charge in [0.1, 0.15) is 0 Å². The van der Waals surface area contributed by atoms with Gasteiger partial charge in [-0.1, -0.05) is 17.4 Å². The molecular weight excluding hydrogens is 340 g/mol. The van der Waals surface area contributed by atoms with Crippen molar-refractivity contribution < 1.29 is 4.79 Å². The number of nitrogens with zero attached hydrogens (tertiary/aromatic N) is 3. The Hall–Kier alpha value is -3.00. The van der Waals surface area contributed by atoms with E-state index in [0.717, 1.165) is 20.3 Å². The third-order valence-electron chi connectivity index (χ3n) is 3.66. The minimum absolute atomic E-state index is 0.250. The average Bonchev–Trinajstić information content (AvgIpc) is 2.96. The van der Waals surface area contributed by atoms with Gasteiger partial charge in [-0.05, 0) is 30.7 Å². The van der Waals surface area contributed by atoms with E-state index in [1.54, 1.807) is 7.05 Å². The molecule has 2 aromatic heterocycles. The second-order valence-electron chi connectivity index (χ2n) is 5.65. The van der Waals surface area contributed by atoms with Crippen molar-refractivity contribution in [2.45, 2.75) is 6.92 Å². The van der Waals surface area contributed by atoms with Crippen LogP contribution in [0.5, 0.6) is 0 Å². The maximum absolute atomic E-state index is 12.1. The molecule has 128 valence electrons. The highest BCUT2D eigenvalue weighted by atomic mass is 32.1. The van der Waals surface area contributed by atoms with Gasteiger partial charge in [-0.3, -0.25) is 19.5 Å². The highest BCUT2D eigenvalue weighted by Crippen LogP contribution is 2.26. The summed E-state index contributed by atoms with van der Waals surface area (Å²) in [6.07, 6.45) is 4.03. The first-order valence-corrected chi connectivity index (χ1v) is 8.30. The van der Waals surface area contributed by atoms with Gasteiger partial charge in [-0.25, -0.2) is 9.78 Å². The molecule has 0 spiro atoms. The molecular formula is C17H16N4O3S. The molecule has 3 aromatic rings. The lowest BCUT2D eigenvalue weighted by Gasteiger charge is -2.03. The SMILES string of the molecule is Cc1ccc2nc(NC(=O)/C=C/c3cn(C)c(=O)n(C)c3=O)sc2c1. The van der Waals surface area contributed by atoms with E-state index < -0.39 is 17.2 Å². The van der Waals surface area contributed by atoms with E-state index in [0.29, 0.717) is 5.13 Å². The number of anilines is 1. The van der Waals surface area contributed by atoms with Gasteiger partial charge >= 0.3 is 5.69 Å².